The molecule has 6 nitrogen and oxygen atoms in total. The number of hydrogen-bond donors (Lipinski definition) is 3. The Kier molecular flexibility index (Phi) is 4.73. The maximum Gasteiger partial charge on any atom is 0.239 e. The summed E-state index contributed by atoms with van der Waals surface area (Å²) in [6, 6.07) is 0. The molecule has 0 amide bonds. The van der Waals surface area contributed by atoms with Crippen LogP contribution in [0.2, 0.25) is 0 Å². The van der Waals surface area contributed by atoms with Gasteiger partial charge in [0.1, 0.15) is 5.82 Å². The maximum atomic E-state index is 5.66. The fourth-order valence-electron chi connectivity index (χ4n) is 2.17. The van der Waals surface area contributed by atoms with Gasteiger partial charge in [0.25, 0.3) is 0 Å². The molecule has 4 N–H and O–H groups in total. The molecular formula is C11H18BrN5O. The molecule has 2 unspecified atom stereocenters. The van der Waals surface area contributed by atoms with E-state index >= 15 is 0 Å². The first-order valence-electron chi connectivity index (χ1n) is 6.09. The van der Waals surface area contributed by atoms with Crippen LogP contribution in [0.15, 0.2) is 10.7 Å². The van der Waals surface area contributed by atoms with E-state index in [-0.39, 0.29) is 0 Å². The Bertz CT molecular complexity index is 403. The fourth-order valence-corrected chi connectivity index (χ4v) is 2.50. The Hall–Kier alpha value is -0.920. The van der Waals surface area contributed by atoms with Gasteiger partial charge >= 0.3 is 0 Å². The second-order valence-corrected chi connectivity index (χ2v) is 5.14. The molecule has 0 bridgehead atoms. The summed E-state index contributed by atoms with van der Waals surface area (Å²) in [5, 5.41) is 3.32. The van der Waals surface area contributed by atoms with Crippen LogP contribution in [0.1, 0.15) is 19.8 Å². The van der Waals surface area contributed by atoms with Gasteiger partial charge in [0.05, 0.1) is 10.6 Å². The second-order valence-electron chi connectivity index (χ2n) is 4.28. The predicted molar refractivity (Wildman–Crippen MR) is 74.2 cm³/mol. The zero-order valence-electron chi connectivity index (χ0n) is 10.3. The Labute approximate surface area is 115 Å². The zero-order valence-corrected chi connectivity index (χ0v) is 11.9. The molecule has 2 rings (SSSR count). The lowest BCUT2D eigenvalue weighted by Crippen LogP contribution is -2.23. The molecule has 2 heterocycles. The van der Waals surface area contributed by atoms with Gasteiger partial charge in [-0.05, 0) is 28.8 Å². The highest BCUT2D eigenvalue weighted by Crippen LogP contribution is 2.25. The standard InChI is InChI=1S/C11H18BrN5O/c1-2-9-7(3-4-18-9)5-14-10-8(12)6-15-11(16-10)17-13/h6-7,9H,2-5,13H2,1H3,(H2,14,15,16,17). The van der Waals surface area contributed by atoms with Gasteiger partial charge in [-0.3, -0.25) is 5.43 Å². The Balaban J connectivity index is 1.97. The molecule has 0 spiro atoms. The van der Waals surface area contributed by atoms with E-state index in [0.29, 0.717) is 18.0 Å². The average Bonchev–Trinajstić information content (AvgIpc) is 2.85. The number of nitrogen functional groups attached to an aromatic ring is 1. The lowest BCUT2D eigenvalue weighted by atomic mass is 10.00. The maximum absolute atomic E-state index is 5.66. The van der Waals surface area contributed by atoms with Gasteiger partial charge in [-0.1, -0.05) is 6.92 Å². The van der Waals surface area contributed by atoms with Crippen LogP contribution < -0.4 is 16.6 Å². The van der Waals surface area contributed by atoms with Crippen LogP contribution in [0.25, 0.3) is 0 Å². The van der Waals surface area contributed by atoms with Crippen LogP contribution in [-0.4, -0.2) is 29.2 Å². The summed E-state index contributed by atoms with van der Waals surface area (Å²) in [6.07, 6.45) is 4.17. The molecule has 1 aromatic rings. The van der Waals surface area contributed by atoms with Gasteiger partial charge < -0.3 is 10.1 Å². The average molecular weight is 316 g/mol. The fraction of sp³-hybridized carbons (Fsp3) is 0.636. The van der Waals surface area contributed by atoms with Crippen molar-refractivity contribution in [3.05, 3.63) is 10.7 Å². The van der Waals surface area contributed by atoms with Crippen LogP contribution in [0, 0.1) is 5.92 Å². The number of nitrogens with zero attached hydrogens (tertiary/aromatic N) is 2. The van der Waals surface area contributed by atoms with Crippen molar-refractivity contribution in [3.8, 4) is 0 Å². The summed E-state index contributed by atoms with van der Waals surface area (Å²) in [5.74, 6) is 6.97. The lowest BCUT2D eigenvalue weighted by molar-refractivity contribution is 0.0900. The summed E-state index contributed by atoms with van der Waals surface area (Å²) in [4.78, 5) is 8.27. The van der Waals surface area contributed by atoms with E-state index in [2.05, 4.69) is 43.6 Å². The molecule has 1 saturated heterocycles. The molecular weight excluding hydrogens is 298 g/mol. The van der Waals surface area contributed by atoms with E-state index in [9.17, 15) is 0 Å². The van der Waals surface area contributed by atoms with E-state index in [1.165, 1.54) is 0 Å². The van der Waals surface area contributed by atoms with Gasteiger partial charge in [0, 0.05) is 25.3 Å². The van der Waals surface area contributed by atoms with Gasteiger partial charge in [-0.2, -0.15) is 4.98 Å². The van der Waals surface area contributed by atoms with Crippen molar-refractivity contribution >= 4 is 27.7 Å². The molecule has 2 atom stereocenters. The van der Waals surface area contributed by atoms with Crippen LogP contribution in [0.4, 0.5) is 11.8 Å². The molecule has 0 aromatic carbocycles. The molecule has 1 aliphatic heterocycles. The first-order chi connectivity index (χ1) is 8.74. The highest BCUT2D eigenvalue weighted by Gasteiger charge is 2.26. The normalized spacial score (nSPS) is 23.1. The summed E-state index contributed by atoms with van der Waals surface area (Å²) in [6.45, 7) is 3.85. The largest absolute Gasteiger partial charge is 0.378 e. The number of hydrogen-bond acceptors (Lipinski definition) is 6. The van der Waals surface area contributed by atoms with E-state index < -0.39 is 0 Å². The van der Waals surface area contributed by atoms with Gasteiger partial charge in [0.15, 0.2) is 0 Å². The van der Waals surface area contributed by atoms with Crippen molar-refractivity contribution in [2.24, 2.45) is 11.8 Å². The summed E-state index contributed by atoms with van der Waals surface area (Å²) >= 11 is 3.41. The highest BCUT2D eigenvalue weighted by atomic mass is 79.9. The molecule has 1 aliphatic rings. The molecule has 0 saturated carbocycles. The number of nitrogens with two attached hydrogens (primary N) is 1. The minimum Gasteiger partial charge on any atom is -0.378 e. The number of aromatic nitrogens is 2. The predicted octanol–water partition coefficient (Wildman–Crippen LogP) is 1.75. The van der Waals surface area contributed by atoms with Gasteiger partial charge in [-0.15, -0.1) is 0 Å². The van der Waals surface area contributed by atoms with E-state index in [1.54, 1.807) is 6.20 Å². The number of hydrazine groups is 1. The first-order valence-corrected chi connectivity index (χ1v) is 6.88. The summed E-state index contributed by atoms with van der Waals surface area (Å²) < 4.78 is 6.49. The molecule has 0 aliphatic carbocycles. The van der Waals surface area contributed by atoms with Gasteiger partial charge in [0.2, 0.25) is 5.95 Å². The molecule has 7 heteroatoms. The summed E-state index contributed by atoms with van der Waals surface area (Å²) in [5.41, 5.74) is 2.43. The van der Waals surface area contributed by atoms with Gasteiger partial charge in [-0.25, -0.2) is 10.8 Å². The van der Waals surface area contributed by atoms with Crippen LogP contribution in [0.3, 0.4) is 0 Å². The van der Waals surface area contributed by atoms with Crippen LogP contribution in [0.5, 0.6) is 0 Å². The van der Waals surface area contributed by atoms with E-state index in [0.717, 1.165) is 36.3 Å². The molecule has 100 valence electrons. The Morgan fingerprint density at radius 2 is 2.44 bits per heavy atom. The number of nitrogens with one attached hydrogen (secondary N) is 2. The van der Waals surface area contributed by atoms with Crippen molar-refractivity contribution in [1.82, 2.24) is 9.97 Å². The van der Waals surface area contributed by atoms with Crippen molar-refractivity contribution in [3.63, 3.8) is 0 Å². The number of ether oxygens (including phenoxy) is 1. The van der Waals surface area contributed by atoms with E-state index in [1.807, 2.05) is 0 Å². The third-order valence-corrected chi connectivity index (χ3v) is 3.73. The topological polar surface area (TPSA) is 85.1 Å². The highest BCUT2D eigenvalue weighted by molar-refractivity contribution is 9.10. The monoisotopic (exact) mass is 315 g/mol. The number of anilines is 2. The molecule has 1 fully saturated rings. The summed E-state index contributed by atoms with van der Waals surface area (Å²) in [7, 11) is 0. The molecule has 1 aromatic heterocycles. The Morgan fingerprint density at radius 1 is 1.61 bits per heavy atom. The smallest absolute Gasteiger partial charge is 0.239 e. The van der Waals surface area contributed by atoms with Crippen LogP contribution in [-0.2, 0) is 4.74 Å². The Morgan fingerprint density at radius 3 is 3.17 bits per heavy atom. The minimum atomic E-state index is 0.352. The van der Waals surface area contributed by atoms with Crippen LogP contribution >= 0.6 is 15.9 Å². The SMILES string of the molecule is CCC1OCCC1CNc1nc(NN)ncc1Br. The zero-order chi connectivity index (χ0) is 13.0. The third kappa shape index (κ3) is 3.09. The number of rotatable bonds is 5. The van der Waals surface area contributed by atoms with Crippen molar-refractivity contribution in [2.45, 2.75) is 25.9 Å². The number of halogens is 1. The minimum absolute atomic E-state index is 0.352. The van der Waals surface area contributed by atoms with Crippen molar-refractivity contribution < 1.29 is 4.74 Å². The first kappa shape index (κ1) is 13.5. The second kappa shape index (κ2) is 6.31. The van der Waals surface area contributed by atoms with Crippen molar-refractivity contribution in [1.29, 1.82) is 0 Å². The lowest BCUT2D eigenvalue weighted by Gasteiger charge is -2.18. The quantitative estimate of drug-likeness (QED) is 0.567. The third-order valence-electron chi connectivity index (χ3n) is 3.15. The molecule has 0 radical (unpaired) electrons. The van der Waals surface area contributed by atoms with E-state index in [4.69, 9.17) is 10.6 Å². The molecule has 18 heavy (non-hydrogen) atoms. The van der Waals surface area contributed by atoms with Crippen molar-refractivity contribution in [2.75, 3.05) is 23.9 Å².